The molecule has 4 rings (SSSR count). The fourth-order valence-electron chi connectivity index (χ4n) is 5.64. The van der Waals surface area contributed by atoms with Gasteiger partial charge >= 0.3 is 5.97 Å². The number of carboxylic acid groups (broad SMARTS) is 1. The number of nitrogens with one attached hydrogen (secondary N) is 2. The number of H-pyrrole nitrogens is 1. The van der Waals surface area contributed by atoms with E-state index in [-0.39, 0.29) is 16.9 Å². The van der Waals surface area contributed by atoms with E-state index in [4.69, 9.17) is 8.92 Å². The predicted molar refractivity (Wildman–Crippen MR) is 169 cm³/mol. The SMILES string of the molecule is CCCCCCCCC(Oc1ccc(C2CCCCC2)cc1OS(=O)NC(C)c1nnc2cc(C(C)(C)C)[nH]n12)C(=O)O. The number of nitrogens with zero attached hydrogens (tertiary/aromatic N) is 3. The van der Waals surface area contributed by atoms with Crippen molar-refractivity contribution in [3.8, 4) is 11.5 Å². The molecule has 0 bridgehead atoms. The Labute approximate surface area is 258 Å². The third-order valence-electron chi connectivity index (χ3n) is 8.26. The molecule has 0 spiro atoms. The van der Waals surface area contributed by atoms with Crippen molar-refractivity contribution < 1.29 is 23.0 Å². The lowest BCUT2D eigenvalue weighted by Gasteiger charge is -2.24. The number of hydrogen-bond donors (Lipinski definition) is 3. The fraction of sp³-hybridized carbons (Fsp3) is 0.656. The Morgan fingerprint density at radius 2 is 1.81 bits per heavy atom. The number of carboxylic acids is 1. The number of carbonyl (C=O) groups is 1. The molecule has 1 aliphatic rings. The van der Waals surface area contributed by atoms with E-state index in [1.54, 1.807) is 10.6 Å². The molecule has 0 saturated heterocycles. The van der Waals surface area contributed by atoms with Gasteiger partial charge in [0.1, 0.15) is 0 Å². The van der Waals surface area contributed by atoms with Crippen LogP contribution < -0.4 is 13.6 Å². The number of unbranched alkanes of at least 4 members (excludes halogenated alkanes) is 5. The van der Waals surface area contributed by atoms with Crippen molar-refractivity contribution in [1.29, 1.82) is 0 Å². The van der Waals surface area contributed by atoms with Crippen LogP contribution in [0.3, 0.4) is 0 Å². The van der Waals surface area contributed by atoms with Gasteiger partial charge in [-0.05, 0) is 56.2 Å². The Balaban J connectivity index is 1.49. The molecule has 2 heterocycles. The van der Waals surface area contributed by atoms with E-state index < -0.39 is 29.4 Å². The molecule has 1 aliphatic carbocycles. The number of ether oxygens (including phenoxy) is 1. The lowest BCUT2D eigenvalue weighted by atomic mass is 9.84. The van der Waals surface area contributed by atoms with E-state index in [1.165, 1.54) is 32.1 Å². The average Bonchev–Trinajstić information content (AvgIpc) is 3.57. The van der Waals surface area contributed by atoms with Gasteiger partial charge in [0.2, 0.25) is 0 Å². The molecule has 0 aliphatic heterocycles. The normalized spacial score (nSPS) is 16.7. The van der Waals surface area contributed by atoms with Crippen LogP contribution in [0.2, 0.25) is 0 Å². The van der Waals surface area contributed by atoms with Gasteiger partial charge in [0.05, 0.1) is 6.04 Å². The molecule has 1 saturated carbocycles. The molecule has 3 aromatic rings. The van der Waals surface area contributed by atoms with Gasteiger partial charge < -0.3 is 14.0 Å². The van der Waals surface area contributed by atoms with Crippen molar-refractivity contribution in [2.75, 3.05) is 0 Å². The van der Waals surface area contributed by atoms with E-state index in [0.29, 0.717) is 23.8 Å². The Morgan fingerprint density at radius 1 is 1.09 bits per heavy atom. The smallest absolute Gasteiger partial charge is 0.344 e. The van der Waals surface area contributed by atoms with Gasteiger partial charge in [0.15, 0.2) is 29.1 Å². The second kappa shape index (κ2) is 15.2. The van der Waals surface area contributed by atoms with Gasteiger partial charge in [-0.3, -0.25) is 5.10 Å². The van der Waals surface area contributed by atoms with Crippen molar-refractivity contribution in [1.82, 2.24) is 24.5 Å². The fourth-order valence-corrected chi connectivity index (χ4v) is 6.37. The number of aromatic amines is 1. The first kappa shape index (κ1) is 33.0. The summed E-state index contributed by atoms with van der Waals surface area (Å²) < 4.78 is 30.0. The highest BCUT2D eigenvalue weighted by atomic mass is 32.2. The van der Waals surface area contributed by atoms with Crippen LogP contribution in [0.1, 0.15) is 141 Å². The summed E-state index contributed by atoms with van der Waals surface area (Å²) in [4.78, 5) is 12.1. The van der Waals surface area contributed by atoms with E-state index in [9.17, 15) is 14.1 Å². The number of hydrogen-bond acceptors (Lipinski definition) is 6. The quantitative estimate of drug-likeness (QED) is 0.144. The minimum Gasteiger partial charge on any atom is -0.479 e. The van der Waals surface area contributed by atoms with Crippen molar-refractivity contribution in [3.05, 3.63) is 41.3 Å². The molecule has 1 fully saturated rings. The summed E-state index contributed by atoms with van der Waals surface area (Å²) in [5.74, 6) is 0.499. The Bertz CT molecular complexity index is 1360. The van der Waals surface area contributed by atoms with E-state index in [1.807, 2.05) is 25.1 Å². The summed E-state index contributed by atoms with van der Waals surface area (Å²) in [6.07, 6.45) is 11.5. The van der Waals surface area contributed by atoms with Crippen LogP contribution >= 0.6 is 0 Å². The Hall–Kier alpha value is -2.92. The molecule has 1 aromatic carbocycles. The number of fused-ring (bicyclic) bond motifs is 1. The topological polar surface area (TPSA) is 131 Å². The molecule has 0 radical (unpaired) electrons. The molecule has 3 N–H and O–H groups in total. The summed E-state index contributed by atoms with van der Waals surface area (Å²) in [6.45, 7) is 10.3. The maximum Gasteiger partial charge on any atom is 0.344 e. The zero-order chi connectivity index (χ0) is 31.0. The van der Waals surface area contributed by atoms with Crippen molar-refractivity contribution in [3.63, 3.8) is 0 Å². The minimum atomic E-state index is -1.97. The molecule has 43 heavy (non-hydrogen) atoms. The van der Waals surface area contributed by atoms with E-state index in [0.717, 1.165) is 49.8 Å². The van der Waals surface area contributed by atoms with Crippen LogP contribution in [-0.2, 0) is 21.5 Å². The first-order valence-electron chi connectivity index (χ1n) is 15.9. The van der Waals surface area contributed by atoms with Gasteiger partial charge in [-0.25, -0.2) is 9.31 Å². The molecular weight excluding hydrogens is 566 g/mol. The van der Waals surface area contributed by atoms with Gasteiger partial charge in [0, 0.05) is 17.2 Å². The zero-order valence-corrected chi connectivity index (χ0v) is 27.2. The average molecular weight is 616 g/mol. The van der Waals surface area contributed by atoms with Crippen LogP contribution in [0, 0.1) is 0 Å². The van der Waals surface area contributed by atoms with Crippen molar-refractivity contribution >= 4 is 22.9 Å². The number of benzene rings is 1. The van der Waals surface area contributed by atoms with Crippen LogP contribution in [-0.4, -0.2) is 41.2 Å². The molecule has 0 amide bonds. The summed E-state index contributed by atoms with van der Waals surface area (Å²) >= 11 is -1.97. The largest absolute Gasteiger partial charge is 0.479 e. The van der Waals surface area contributed by atoms with Crippen LogP contribution in [0.4, 0.5) is 0 Å². The highest BCUT2D eigenvalue weighted by molar-refractivity contribution is 7.78. The van der Waals surface area contributed by atoms with Gasteiger partial charge in [-0.2, -0.15) is 8.93 Å². The van der Waals surface area contributed by atoms with Crippen molar-refractivity contribution in [2.24, 2.45) is 0 Å². The predicted octanol–water partition coefficient (Wildman–Crippen LogP) is 7.29. The third-order valence-corrected chi connectivity index (χ3v) is 9.14. The maximum absolute atomic E-state index is 13.3. The third kappa shape index (κ3) is 9.04. The molecule has 3 atom stereocenters. The number of aliphatic carboxylic acids is 1. The van der Waals surface area contributed by atoms with E-state index >= 15 is 0 Å². The molecule has 10 nitrogen and oxygen atoms in total. The Kier molecular flexibility index (Phi) is 11.7. The molecular formula is C32H49N5O5S. The van der Waals surface area contributed by atoms with Crippen molar-refractivity contribution in [2.45, 2.75) is 135 Å². The first-order chi connectivity index (χ1) is 20.6. The van der Waals surface area contributed by atoms with Gasteiger partial charge in [0.25, 0.3) is 11.3 Å². The molecule has 2 aromatic heterocycles. The first-order valence-corrected chi connectivity index (χ1v) is 17.0. The second-order valence-corrected chi connectivity index (χ2v) is 13.7. The summed E-state index contributed by atoms with van der Waals surface area (Å²) in [5.41, 5.74) is 2.69. The lowest BCUT2D eigenvalue weighted by molar-refractivity contribution is -0.145. The number of aromatic nitrogens is 4. The molecule has 11 heteroatoms. The number of rotatable bonds is 16. The molecule has 238 valence electrons. The van der Waals surface area contributed by atoms with Crippen LogP contribution in [0.25, 0.3) is 5.65 Å². The van der Waals surface area contributed by atoms with E-state index in [2.05, 4.69) is 47.7 Å². The van der Waals surface area contributed by atoms with Crippen LogP contribution in [0.15, 0.2) is 24.3 Å². The second-order valence-electron chi connectivity index (χ2n) is 12.9. The standard InChI is InChI=1S/C32H49N5O5S/c1-6-7-8-9-10-14-17-26(31(38)39)41-25-19-18-24(23-15-12-11-13-16-23)20-27(25)42-43(40)36-22(2)30-34-33-29-21-28(32(3,4)5)35-37(29)30/h18-23,26,35-36H,6-17H2,1-5H3,(H,38,39). The highest BCUT2D eigenvalue weighted by Gasteiger charge is 2.26. The summed E-state index contributed by atoms with van der Waals surface area (Å²) in [5, 5.41) is 21.8. The monoisotopic (exact) mass is 615 g/mol. The summed E-state index contributed by atoms with van der Waals surface area (Å²) in [7, 11) is 0. The minimum absolute atomic E-state index is 0.0941. The highest BCUT2D eigenvalue weighted by Crippen LogP contribution is 2.38. The lowest BCUT2D eigenvalue weighted by Crippen LogP contribution is -2.28. The summed E-state index contributed by atoms with van der Waals surface area (Å²) in [6, 6.07) is 7.13. The Morgan fingerprint density at radius 3 is 2.51 bits per heavy atom. The van der Waals surface area contributed by atoms with Gasteiger partial charge in [-0.1, -0.05) is 85.1 Å². The van der Waals surface area contributed by atoms with Gasteiger partial charge in [-0.15, -0.1) is 10.2 Å². The zero-order valence-electron chi connectivity index (χ0n) is 26.4. The molecule has 3 unspecified atom stereocenters. The van der Waals surface area contributed by atoms with Crippen LogP contribution in [0.5, 0.6) is 11.5 Å². The maximum atomic E-state index is 13.3.